The summed E-state index contributed by atoms with van der Waals surface area (Å²) in [7, 11) is 0. The Balaban J connectivity index is -0.00000000167. The van der Waals surface area contributed by atoms with Gasteiger partial charge in [0.15, 0.2) is 0 Å². The van der Waals surface area contributed by atoms with Crippen LogP contribution in [-0.4, -0.2) is 16.4 Å². The Hall–Kier alpha value is -0.630. The van der Waals surface area contributed by atoms with E-state index in [0.29, 0.717) is 0 Å². The lowest BCUT2D eigenvalue weighted by Gasteiger charge is -1.08. The van der Waals surface area contributed by atoms with Gasteiger partial charge in [0.25, 0.3) is 0 Å². The van der Waals surface area contributed by atoms with E-state index in [2.05, 4.69) is 0 Å². The summed E-state index contributed by atoms with van der Waals surface area (Å²) in [5, 5.41) is 6.25. The zero-order valence-corrected chi connectivity index (χ0v) is 2.45. The molecule has 0 atom stereocenters. The van der Waals surface area contributed by atoms with Gasteiger partial charge in [-0.3, -0.25) is 0 Å². The minimum absolute atomic E-state index is 0. The third kappa shape index (κ3) is 15.9. The second kappa shape index (κ2) is 47.7. The maximum atomic E-state index is 6.25. The fourth-order valence-corrected chi connectivity index (χ4v) is 0. The molecule has 0 aliphatic rings. The van der Waals surface area contributed by atoms with Crippen molar-refractivity contribution in [2.75, 3.05) is 0 Å². The summed E-state index contributed by atoms with van der Waals surface area (Å²) in [5.41, 5.74) is 0. The van der Waals surface area contributed by atoms with E-state index < -0.39 is 0 Å². The third-order valence-corrected chi connectivity index (χ3v) is 0. The monoisotopic (exact) mass is 80.0 g/mol. The lowest BCUT2D eigenvalue weighted by molar-refractivity contribution is 0.823. The topological polar surface area (TPSA) is 118 Å². The summed E-state index contributed by atoms with van der Waals surface area (Å²) >= 11 is 0. The molecule has 0 aromatic heterocycles. The summed E-state index contributed by atoms with van der Waals surface area (Å²) in [4.78, 5) is 0. The molecule has 0 saturated carbocycles. The maximum absolute atomic E-state index is 6.25. The number of hydrogen-bond acceptors (Lipinski definition) is 1. The van der Waals surface area contributed by atoms with Crippen LogP contribution in [0.2, 0.25) is 0 Å². The van der Waals surface area contributed by atoms with Gasteiger partial charge in [-0.2, -0.15) is 0 Å². The van der Waals surface area contributed by atoms with Crippen LogP contribution in [0, 0.1) is 11.8 Å². The SMILES string of the molecule is O.O.O.[C-]#N. The molecule has 0 aliphatic heterocycles. The minimum atomic E-state index is 0. The largest absolute Gasteiger partial charge is 0.512 e. The number of hydrogen-bond donors (Lipinski definition) is 0. The van der Waals surface area contributed by atoms with Gasteiger partial charge in [-0.25, -0.2) is 0 Å². The highest BCUT2D eigenvalue weighted by atomic mass is 16.0. The highest BCUT2D eigenvalue weighted by molar-refractivity contribution is 3.44. The number of rotatable bonds is 0. The van der Waals surface area contributed by atoms with E-state index in [1.165, 1.54) is 0 Å². The molecule has 0 unspecified atom stereocenters. The van der Waals surface area contributed by atoms with Crippen molar-refractivity contribution in [2.24, 2.45) is 0 Å². The Morgan fingerprint density at radius 2 is 0.800 bits per heavy atom. The summed E-state index contributed by atoms with van der Waals surface area (Å²) in [5.74, 6) is 0. The van der Waals surface area contributed by atoms with Crippen molar-refractivity contribution in [3.8, 4) is 0 Å². The van der Waals surface area contributed by atoms with Crippen LogP contribution in [0.5, 0.6) is 0 Å². The Bertz CT molecular complexity index is 11.6. The molecule has 34 valence electrons. The fourth-order valence-electron chi connectivity index (χ4n) is 0. The average Bonchev–Trinajstić information content (AvgIpc) is 1.00. The fraction of sp³-hybridized carbons (Fsp3) is 0. The smallest absolute Gasteiger partial charge is 0.412 e. The first-order chi connectivity index (χ1) is 1.00. The molecule has 6 N–H and O–H groups in total. The van der Waals surface area contributed by atoms with E-state index in [9.17, 15) is 0 Å². The predicted molar refractivity (Wildman–Crippen MR) is 15.8 cm³/mol. The van der Waals surface area contributed by atoms with Gasteiger partial charge in [-0.05, 0) is 0 Å². The predicted octanol–water partition coefficient (Wildman–Crippen LogP) is -2.38. The second-order valence-corrected chi connectivity index (χ2v) is 0. The lowest BCUT2D eigenvalue weighted by atomic mass is 11.9. The Morgan fingerprint density at radius 3 is 0.800 bits per heavy atom. The van der Waals surface area contributed by atoms with E-state index >= 15 is 0 Å². The van der Waals surface area contributed by atoms with Gasteiger partial charge >= 0.3 is 0 Å². The first-order valence-corrected chi connectivity index (χ1v) is 0.224. The van der Waals surface area contributed by atoms with Crippen molar-refractivity contribution in [1.29, 1.82) is 5.26 Å². The lowest BCUT2D eigenvalue weighted by Crippen LogP contribution is -0.530. The summed E-state index contributed by atoms with van der Waals surface area (Å²) in [6.07, 6.45) is 0. The van der Waals surface area contributed by atoms with E-state index in [0.717, 1.165) is 0 Å². The molecule has 0 aromatic rings. The molecule has 0 saturated heterocycles. The molecular weight excluding hydrogens is 74.0 g/mol. The van der Waals surface area contributed by atoms with Gasteiger partial charge in [-0.1, -0.05) is 0 Å². The standard InChI is InChI=1S/CN.3H2O/c1-2;;;/h;3*1H2/q-1;;;. The summed E-state index contributed by atoms with van der Waals surface area (Å²) < 4.78 is 0. The van der Waals surface area contributed by atoms with Crippen molar-refractivity contribution >= 4 is 0 Å². The molecule has 0 fully saturated rings. The normalized spacial score (nSPS) is 0.400. The van der Waals surface area contributed by atoms with Crippen LogP contribution in [-0.2, 0) is 0 Å². The number of nitrogens with zero attached hydrogens (tertiary/aromatic N) is 1. The molecule has 0 spiro atoms. The van der Waals surface area contributed by atoms with Crippen LogP contribution in [0.1, 0.15) is 0 Å². The van der Waals surface area contributed by atoms with Crippen molar-refractivity contribution in [3.05, 3.63) is 6.57 Å². The van der Waals surface area contributed by atoms with Crippen LogP contribution >= 0.6 is 0 Å². The first-order valence-electron chi connectivity index (χ1n) is 0.224. The third-order valence-electron chi connectivity index (χ3n) is 0. The molecule has 0 bridgehead atoms. The average molecular weight is 80.1 g/mol. The van der Waals surface area contributed by atoms with E-state index in [-0.39, 0.29) is 16.4 Å². The van der Waals surface area contributed by atoms with Crippen LogP contribution < -0.4 is 0 Å². The highest BCUT2D eigenvalue weighted by Gasteiger charge is 0.0775. The highest BCUT2D eigenvalue weighted by Crippen LogP contribution is 0.626. The quantitative estimate of drug-likeness (QED) is 0.297. The van der Waals surface area contributed by atoms with Crippen molar-refractivity contribution in [3.63, 3.8) is 0 Å². The molecule has 0 aliphatic carbocycles. The molecule has 0 radical (unpaired) electrons. The summed E-state index contributed by atoms with van der Waals surface area (Å²) in [6.45, 7) is 4.75. The van der Waals surface area contributed by atoms with Gasteiger partial charge in [0.05, 0.1) is 0 Å². The van der Waals surface area contributed by atoms with Gasteiger partial charge in [0.2, 0.25) is 0 Å². The molecule has 0 rings (SSSR count). The van der Waals surface area contributed by atoms with Crippen molar-refractivity contribution < 1.29 is 16.4 Å². The second-order valence-electron chi connectivity index (χ2n) is 0. The van der Waals surface area contributed by atoms with Crippen LogP contribution in [0.4, 0.5) is 0 Å². The molecule has 0 amide bonds. The van der Waals surface area contributed by atoms with Crippen LogP contribution in [0.25, 0.3) is 0 Å². The van der Waals surface area contributed by atoms with Gasteiger partial charge in [-0.15, -0.1) is 0 Å². The van der Waals surface area contributed by atoms with E-state index in [1.54, 1.807) is 0 Å². The molecule has 5 heavy (non-hydrogen) atoms. The van der Waals surface area contributed by atoms with E-state index in [1.807, 2.05) is 0 Å². The molecule has 4 nitrogen and oxygen atoms in total. The summed E-state index contributed by atoms with van der Waals surface area (Å²) in [6, 6.07) is 0. The Morgan fingerprint density at radius 1 is 0.800 bits per heavy atom. The van der Waals surface area contributed by atoms with Crippen molar-refractivity contribution in [2.45, 2.75) is 0 Å². The van der Waals surface area contributed by atoms with Gasteiger partial charge < -0.3 is 28.3 Å². The molecule has 0 aromatic carbocycles. The van der Waals surface area contributed by atoms with Gasteiger partial charge in [0, 0.05) is 0 Å². The Labute approximate surface area is 29.6 Å². The minimum Gasteiger partial charge on any atom is -0.512 e. The van der Waals surface area contributed by atoms with Crippen LogP contribution in [0.15, 0.2) is 0 Å². The zero-order valence-electron chi connectivity index (χ0n) is 2.45. The maximum Gasteiger partial charge on any atom is -0.412 e. The van der Waals surface area contributed by atoms with Crippen LogP contribution in [0.3, 0.4) is 0 Å². The van der Waals surface area contributed by atoms with Gasteiger partial charge in [0.1, 0.15) is 0 Å². The Kier molecular flexibility index (Phi) is 3460. The zero-order chi connectivity index (χ0) is 2.00. The first kappa shape index (κ1) is 363. The van der Waals surface area contributed by atoms with E-state index in [4.69, 9.17) is 11.8 Å². The molecular formula is CH6NO3-. The molecule has 0 heterocycles. The van der Waals surface area contributed by atoms with Crippen molar-refractivity contribution in [1.82, 2.24) is 0 Å². The molecule has 4 heteroatoms.